The fraction of sp³-hybridized carbons (Fsp3) is 0.500. The first-order chi connectivity index (χ1) is 9.38. The molecule has 0 atom stereocenters. The predicted molar refractivity (Wildman–Crippen MR) is 77.8 cm³/mol. The lowest BCUT2D eigenvalue weighted by Crippen LogP contribution is -2.19. The van der Waals surface area contributed by atoms with Crippen LogP contribution in [0.3, 0.4) is 0 Å². The summed E-state index contributed by atoms with van der Waals surface area (Å²) in [6.07, 6.45) is 0.249. The van der Waals surface area contributed by atoms with Gasteiger partial charge in [-0.1, -0.05) is 25.1 Å². The van der Waals surface area contributed by atoms with Gasteiger partial charge < -0.3 is 11.1 Å². The highest BCUT2D eigenvalue weighted by molar-refractivity contribution is 7.80. The molecule has 0 aliphatic heterocycles. The molecule has 0 unspecified atom stereocenters. The number of rotatable bonds is 4. The van der Waals surface area contributed by atoms with Crippen molar-refractivity contribution in [3.05, 3.63) is 29.3 Å². The van der Waals surface area contributed by atoms with Crippen molar-refractivity contribution in [2.75, 3.05) is 11.9 Å². The molecule has 3 N–H and O–H groups in total. The molecule has 0 amide bonds. The largest absolute Gasteiger partial charge is 0.417 e. The van der Waals surface area contributed by atoms with Crippen LogP contribution in [0.1, 0.15) is 36.8 Å². The number of nitrogens with one attached hydrogen (secondary N) is 1. The van der Waals surface area contributed by atoms with Crippen LogP contribution in [-0.2, 0) is 6.18 Å². The molecule has 1 aromatic rings. The Bertz CT molecular complexity index is 494. The minimum Gasteiger partial charge on any atom is -0.389 e. The third-order valence-electron chi connectivity index (χ3n) is 3.66. The van der Waals surface area contributed by atoms with Crippen molar-refractivity contribution < 1.29 is 13.2 Å². The first kappa shape index (κ1) is 15.1. The summed E-state index contributed by atoms with van der Waals surface area (Å²) in [5.41, 5.74) is 4.91. The molecule has 20 heavy (non-hydrogen) atoms. The molecule has 0 aromatic heterocycles. The lowest BCUT2D eigenvalue weighted by Gasteiger charge is -2.16. The number of benzene rings is 1. The van der Waals surface area contributed by atoms with Crippen molar-refractivity contribution >= 4 is 22.9 Å². The molecule has 1 saturated carbocycles. The average Bonchev–Trinajstić information content (AvgIpc) is 2.88. The molecule has 110 valence electrons. The molecule has 6 heteroatoms. The molecule has 0 bridgehead atoms. The minimum absolute atomic E-state index is 0.126. The van der Waals surface area contributed by atoms with E-state index in [-0.39, 0.29) is 10.6 Å². The van der Waals surface area contributed by atoms with E-state index in [2.05, 4.69) is 17.5 Å². The zero-order chi connectivity index (χ0) is 14.8. The van der Waals surface area contributed by atoms with Crippen molar-refractivity contribution in [3.8, 4) is 0 Å². The van der Waals surface area contributed by atoms with Gasteiger partial charge in [-0.05, 0) is 37.0 Å². The molecule has 1 aromatic carbocycles. The highest BCUT2D eigenvalue weighted by atomic mass is 32.1. The van der Waals surface area contributed by atoms with E-state index in [4.69, 9.17) is 5.73 Å². The Hall–Kier alpha value is -1.30. The normalized spacial score (nSPS) is 16.4. The van der Waals surface area contributed by atoms with E-state index in [9.17, 15) is 13.2 Å². The zero-order valence-electron chi connectivity index (χ0n) is 11.0. The lowest BCUT2D eigenvalue weighted by atomic mass is 10.0. The summed E-state index contributed by atoms with van der Waals surface area (Å²) < 4.78 is 39.0. The van der Waals surface area contributed by atoms with Crippen LogP contribution in [-0.4, -0.2) is 11.5 Å². The Morgan fingerprint density at radius 1 is 1.30 bits per heavy atom. The highest BCUT2D eigenvalue weighted by Crippen LogP contribution is 2.34. The van der Waals surface area contributed by atoms with Crippen LogP contribution in [0.4, 0.5) is 18.9 Å². The average molecular weight is 302 g/mol. The van der Waals surface area contributed by atoms with Gasteiger partial charge in [-0.3, -0.25) is 0 Å². The van der Waals surface area contributed by atoms with Crippen LogP contribution in [0, 0.1) is 5.92 Å². The molecule has 0 radical (unpaired) electrons. The maximum absolute atomic E-state index is 13.0. The van der Waals surface area contributed by atoms with Crippen LogP contribution in [0.15, 0.2) is 18.2 Å². The van der Waals surface area contributed by atoms with E-state index >= 15 is 0 Å². The van der Waals surface area contributed by atoms with Crippen molar-refractivity contribution in [2.45, 2.75) is 31.9 Å². The van der Waals surface area contributed by atoms with Crippen LogP contribution in [0.5, 0.6) is 0 Å². The standard InChI is InChI=1S/C14H17F3N2S/c15-14(16,17)12-7-10(5-6-11(12)13(18)20)19-8-9-3-1-2-4-9/h5-7,9,19H,1-4,8H2,(H2,18,20). The Morgan fingerprint density at radius 2 is 1.95 bits per heavy atom. The van der Waals surface area contributed by atoms with Gasteiger partial charge in [0.15, 0.2) is 0 Å². The smallest absolute Gasteiger partial charge is 0.389 e. The van der Waals surface area contributed by atoms with Gasteiger partial charge in [0.25, 0.3) is 0 Å². The van der Waals surface area contributed by atoms with Gasteiger partial charge in [0.05, 0.1) is 5.56 Å². The van der Waals surface area contributed by atoms with Crippen LogP contribution in [0.25, 0.3) is 0 Å². The van der Waals surface area contributed by atoms with E-state index in [0.717, 1.165) is 18.9 Å². The Labute approximate surface area is 121 Å². The van der Waals surface area contributed by atoms with E-state index in [1.165, 1.54) is 18.9 Å². The SMILES string of the molecule is NC(=S)c1ccc(NCC2CCCC2)cc1C(F)(F)F. The number of halogens is 3. The first-order valence-corrected chi connectivity index (χ1v) is 7.03. The first-order valence-electron chi connectivity index (χ1n) is 6.63. The van der Waals surface area contributed by atoms with Crippen molar-refractivity contribution in [2.24, 2.45) is 11.7 Å². The van der Waals surface area contributed by atoms with Gasteiger partial charge >= 0.3 is 6.18 Å². The van der Waals surface area contributed by atoms with Gasteiger partial charge in [0.1, 0.15) is 4.99 Å². The summed E-state index contributed by atoms with van der Waals surface area (Å²) in [6, 6.07) is 4.02. The van der Waals surface area contributed by atoms with E-state index in [0.29, 0.717) is 18.2 Å². The summed E-state index contributed by atoms with van der Waals surface area (Å²) in [6.45, 7) is 0.712. The third kappa shape index (κ3) is 3.62. The summed E-state index contributed by atoms with van der Waals surface area (Å²) in [5, 5.41) is 3.08. The lowest BCUT2D eigenvalue weighted by molar-refractivity contribution is -0.137. The molecular formula is C14H17F3N2S. The second-order valence-corrected chi connectivity index (χ2v) is 5.59. The van der Waals surface area contributed by atoms with Crippen LogP contribution in [0.2, 0.25) is 0 Å². The highest BCUT2D eigenvalue weighted by Gasteiger charge is 2.34. The summed E-state index contributed by atoms with van der Waals surface area (Å²) in [4.78, 5) is -0.236. The summed E-state index contributed by atoms with van der Waals surface area (Å²) in [5.74, 6) is 0.555. The fourth-order valence-electron chi connectivity index (χ4n) is 2.58. The molecule has 2 nitrogen and oxygen atoms in total. The number of alkyl halides is 3. The van der Waals surface area contributed by atoms with Gasteiger partial charge in [0.2, 0.25) is 0 Å². The number of anilines is 1. The zero-order valence-corrected chi connectivity index (χ0v) is 11.8. The molecule has 0 heterocycles. The number of thiocarbonyl (C=S) groups is 1. The third-order valence-corrected chi connectivity index (χ3v) is 3.88. The molecule has 0 spiro atoms. The van der Waals surface area contributed by atoms with Gasteiger partial charge in [-0.25, -0.2) is 0 Å². The monoisotopic (exact) mass is 302 g/mol. The molecular weight excluding hydrogens is 285 g/mol. The van der Waals surface area contributed by atoms with Crippen molar-refractivity contribution in [1.82, 2.24) is 0 Å². The van der Waals surface area contributed by atoms with Crippen LogP contribution >= 0.6 is 12.2 Å². The fourth-order valence-corrected chi connectivity index (χ4v) is 2.76. The second-order valence-electron chi connectivity index (χ2n) is 5.15. The predicted octanol–water partition coefficient (Wildman–Crippen LogP) is 3.94. The van der Waals surface area contributed by atoms with Crippen molar-refractivity contribution in [3.63, 3.8) is 0 Å². The Morgan fingerprint density at radius 3 is 2.50 bits per heavy atom. The molecule has 1 aliphatic rings. The van der Waals surface area contributed by atoms with Crippen molar-refractivity contribution in [1.29, 1.82) is 0 Å². The van der Waals surface area contributed by atoms with E-state index in [1.807, 2.05) is 0 Å². The number of hydrogen-bond donors (Lipinski definition) is 2. The van der Waals surface area contributed by atoms with Crippen LogP contribution < -0.4 is 11.1 Å². The van der Waals surface area contributed by atoms with E-state index < -0.39 is 11.7 Å². The van der Waals surface area contributed by atoms with Gasteiger partial charge in [0, 0.05) is 17.8 Å². The van der Waals surface area contributed by atoms with Gasteiger partial charge in [-0.15, -0.1) is 0 Å². The minimum atomic E-state index is -4.45. The molecule has 1 aliphatic carbocycles. The summed E-state index contributed by atoms with van der Waals surface area (Å²) in [7, 11) is 0. The maximum Gasteiger partial charge on any atom is 0.417 e. The topological polar surface area (TPSA) is 38.0 Å². The molecule has 2 rings (SSSR count). The van der Waals surface area contributed by atoms with E-state index in [1.54, 1.807) is 6.07 Å². The van der Waals surface area contributed by atoms with Gasteiger partial charge in [-0.2, -0.15) is 13.2 Å². The Kier molecular flexibility index (Phi) is 4.52. The number of nitrogens with two attached hydrogens (primary N) is 1. The Balaban J connectivity index is 2.16. The summed E-state index contributed by atoms with van der Waals surface area (Å²) >= 11 is 4.67. The molecule has 1 fully saturated rings. The number of hydrogen-bond acceptors (Lipinski definition) is 2. The maximum atomic E-state index is 13.0. The second kappa shape index (κ2) is 5.99. The quantitative estimate of drug-likeness (QED) is 0.827. The molecule has 0 saturated heterocycles.